The van der Waals surface area contributed by atoms with Crippen molar-refractivity contribution in [2.24, 2.45) is 10.4 Å². The van der Waals surface area contributed by atoms with Crippen LogP contribution in [-0.2, 0) is 9.59 Å². The lowest BCUT2D eigenvalue weighted by molar-refractivity contribution is -0.120. The van der Waals surface area contributed by atoms with Crippen LogP contribution >= 0.6 is 0 Å². The number of nitrogens with zero attached hydrogens (tertiary/aromatic N) is 2. The number of carbonyl (C=O) groups is 2. The summed E-state index contributed by atoms with van der Waals surface area (Å²) in [6, 6.07) is 7.89. The van der Waals surface area contributed by atoms with Crippen molar-refractivity contribution in [2.75, 3.05) is 38.0 Å². The minimum Gasteiger partial charge on any atom is -0.357 e. The Morgan fingerprint density at radius 3 is 3.00 bits per heavy atom. The summed E-state index contributed by atoms with van der Waals surface area (Å²) in [5.41, 5.74) is 2.03. The first-order valence-corrected chi connectivity index (χ1v) is 10.3. The average Bonchev–Trinajstić information content (AvgIpc) is 3.20. The van der Waals surface area contributed by atoms with E-state index in [1.165, 1.54) is 0 Å². The molecule has 2 atom stereocenters. The van der Waals surface area contributed by atoms with E-state index in [4.69, 9.17) is 4.99 Å². The summed E-state index contributed by atoms with van der Waals surface area (Å²) in [7, 11) is 0. The quantitative estimate of drug-likeness (QED) is 0.545. The van der Waals surface area contributed by atoms with Crippen LogP contribution in [-0.4, -0.2) is 55.4 Å². The maximum atomic E-state index is 12.3. The largest absolute Gasteiger partial charge is 0.357 e. The fraction of sp³-hybridized carbons (Fsp3) is 0.571. The molecule has 7 heteroatoms. The molecule has 3 aliphatic rings. The average molecular weight is 383 g/mol. The number of guanidine groups is 1. The molecule has 2 amide bonds. The number of anilines is 1. The van der Waals surface area contributed by atoms with Gasteiger partial charge in [-0.25, -0.2) is 0 Å². The van der Waals surface area contributed by atoms with Crippen molar-refractivity contribution in [1.82, 2.24) is 15.5 Å². The first kappa shape index (κ1) is 18.8. The Bertz CT molecular complexity index is 793. The molecule has 1 aromatic carbocycles. The third-order valence-corrected chi connectivity index (χ3v) is 6.08. The lowest BCUT2D eigenvalue weighted by atomic mass is 9.79. The van der Waals surface area contributed by atoms with Crippen LogP contribution in [0.25, 0.3) is 0 Å². The number of para-hydroxylation sites is 1. The summed E-state index contributed by atoms with van der Waals surface area (Å²) in [6.45, 7) is 6.03. The van der Waals surface area contributed by atoms with Crippen molar-refractivity contribution in [2.45, 2.75) is 38.5 Å². The number of hydrogen-bond acceptors (Lipinski definition) is 3. The summed E-state index contributed by atoms with van der Waals surface area (Å²) in [5.74, 6) is 0.989. The van der Waals surface area contributed by atoms with Crippen LogP contribution in [0.5, 0.6) is 0 Å². The Morgan fingerprint density at radius 2 is 2.21 bits per heavy atom. The summed E-state index contributed by atoms with van der Waals surface area (Å²) in [6.07, 6.45) is 3.46. The number of nitrogens with one attached hydrogen (secondary N) is 3. The van der Waals surface area contributed by atoms with Gasteiger partial charge in [-0.3, -0.25) is 14.6 Å². The molecule has 2 unspecified atom stereocenters. The van der Waals surface area contributed by atoms with Crippen LogP contribution in [0.1, 0.15) is 44.1 Å². The Kier molecular flexibility index (Phi) is 5.24. The van der Waals surface area contributed by atoms with Crippen molar-refractivity contribution in [1.29, 1.82) is 0 Å². The number of piperidine rings is 1. The topological polar surface area (TPSA) is 85.8 Å². The zero-order chi connectivity index (χ0) is 19.6. The van der Waals surface area contributed by atoms with Crippen LogP contribution in [0.2, 0.25) is 0 Å². The zero-order valence-electron chi connectivity index (χ0n) is 16.5. The third-order valence-electron chi connectivity index (χ3n) is 6.08. The SMILES string of the molecule is CCNC(=NCCC1C(=O)Nc2ccccc21)N1CCCC2(CNC(=O)C2)C1. The van der Waals surface area contributed by atoms with Crippen molar-refractivity contribution in [3.8, 4) is 0 Å². The normalized spacial score (nSPS) is 27.0. The molecule has 2 fully saturated rings. The van der Waals surface area contributed by atoms with E-state index in [0.29, 0.717) is 19.4 Å². The minimum atomic E-state index is -0.132. The van der Waals surface area contributed by atoms with Gasteiger partial charge in [0.25, 0.3) is 0 Å². The first-order valence-electron chi connectivity index (χ1n) is 10.3. The fourth-order valence-electron chi connectivity index (χ4n) is 4.72. The Balaban J connectivity index is 1.42. The second kappa shape index (κ2) is 7.81. The highest BCUT2D eigenvalue weighted by Gasteiger charge is 2.42. The molecule has 0 saturated carbocycles. The highest BCUT2D eigenvalue weighted by Crippen LogP contribution is 2.36. The van der Waals surface area contributed by atoms with Crippen LogP contribution in [0.3, 0.4) is 0 Å². The summed E-state index contributed by atoms with van der Waals surface area (Å²) in [5, 5.41) is 9.35. The van der Waals surface area contributed by atoms with Crippen molar-refractivity contribution in [3.05, 3.63) is 29.8 Å². The van der Waals surface area contributed by atoms with E-state index in [9.17, 15) is 9.59 Å². The van der Waals surface area contributed by atoms with Crippen LogP contribution in [0.4, 0.5) is 5.69 Å². The van der Waals surface area contributed by atoms with E-state index in [2.05, 4.69) is 27.8 Å². The number of benzene rings is 1. The van der Waals surface area contributed by atoms with Crippen LogP contribution in [0, 0.1) is 5.41 Å². The molecule has 7 nitrogen and oxygen atoms in total. The van der Waals surface area contributed by atoms with E-state index >= 15 is 0 Å². The molecule has 0 aliphatic carbocycles. The second-order valence-electron chi connectivity index (χ2n) is 8.13. The molecular weight excluding hydrogens is 354 g/mol. The van der Waals surface area contributed by atoms with Gasteiger partial charge in [0.1, 0.15) is 0 Å². The number of fused-ring (bicyclic) bond motifs is 1. The molecule has 4 rings (SSSR count). The van der Waals surface area contributed by atoms with Crippen molar-refractivity contribution >= 4 is 23.5 Å². The number of carbonyl (C=O) groups excluding carboxylic acids is 2. The maximum Gasteiger partial charge on any atom is 0.232 e. The van der Waals surface area contributed by atoms with Gasteiger partial charge in [-0.2, -0.15) is 0 Å². The predicted molar refractivity (Wildman–Crippen MR) is 109 cm³/mol. The first-order chi connectivity index (χ1) is 13.6. The molecule has 3 aliphatic heterocycles. The molecule has 1 aromatic rings. The molecule has 3 heterocycles. The monoisotopic (exact) mass is 383 g/mol. The van der Waals surface area contributed by atoms with Gasteiger partial charge in [0, 0.05) is 50.2 Å². The summed E-state index contributed by atoms with van der Waals surface area (Å²) < 4.78 is 0. The lowest BCUT2D eigenvalue weighted by Crippen LogP contribution is -2.51. The second-order valence-corrected chi connectivity index (χ2v) is 8.13. The molecule has 0 aromatic heterocycles. The molecule has 1 spiro atoms. The van der Waals surface area contributed by atoms with Gasteiger partial charge in [0.2, 0.25) is 11.8 Å². The molecule has 0 radical (unpaired) electrons. The van der Waals surface area contributed by atoms with E-state index in [1.54, 1.807) is 0 Å². The smallest absolute Gasteiger partial charge is 0.232 e. The minimum absolute atomic E-state index is 0.0375. The van der Waals surface area contributed by atoms with Crippen LogP contribution < -0.4 is 16.0 Å². The standard InChI is InChI=1S/C21H29N5O2/c1-2-22-20(26-11-5-9-21(14-26)12-18(27)24-13-21)23-10-8-16-15-6-3-4-7-17(15)25-19(16)28/h3-4,6-7,16H,2,5,8-14H2,1H3,(H,22,23)(H,24,27)(H,25,28). The molecule has 2 saturated heterocycles. The number of hydrogen-bond donors (Lipinski definition) is 3. The molecule has 150 valence electrons. The number of amides is 2. The molecule has 28 heavy (non-hydrogen) atoms. The van der Waals surface area contributed by atoms with E-state index in [-0.39, 0.29) is 23.1 Å². The highest BCUT2D eigenvalue weighted by molar-refractivity contribution is 6.02. The fourth-order valence-corrected chi connectivity index (χ4v) is 4.72. The number of likely N-dealkylation sites (tertiary alicyclic amines) is 1. The van der Waals surface area contributed by atoms with Gasteiger partial charge in [-0.1, -0.05) is 18.2 Å². The highest BCUT2D eigenvalue weighted by atomic mass is 16.2. The van der Waals surface area contributed by atoms with Crippen LogP contribution in [0.15, 0.2) is 29.3 Å². The van der Waals surface area contributed by atoms with Gasteiger partial charge >= 0.3 is 0 Å². The predicted octanol–water partition coefficient (Wildman–Crippen LogP) is 1.68. The summed E-state index contributed by atoms with van der Waals surface area (Å²) in [4.78, 5) is 31.2. The van der Waals surface area contributed by atoms with Gasteiger partial charge in [0.15, 0.2) is 5.96 Å². The van der Waals surface area contributed by atoms with Gasteiger partial charge in [0.05, 0.1) is 5.92 Å². The molecular formula is C21H29N5O2. The van der Waals surface area contributed by atoms with Gasteiger partial charge in [-0.05, 0) is 37.8 Å². The Morgan fingerprint density at radius 1 is 1.36 bits per heavy atom. The number of aliphatic imine (C=N–C) groups is 1. The Labute approximate surface area is 166 Å². The maximum absolute atomic E-state index is 12.3. The number of rotatable bonds is 4. The van der Waals surface area contributed by atoms with Crippen molar-refractivity contribution in [3.63, 3.8) is 0 Å². The molecule has 0 bridgehead atoms. The Hall–Kier alpha value is -2.57. The van der Waals surface area contributed by atoms with Gasteiger partial charge < -0.3 is 20.9 Å². The zero-order valence-corrected chi connectivity index (χ0v) is 16.5. The third kappa shape index (κ3) is 3.70. The summed E-state index contributed by atoms with van der Waals surface area (Å²) >= 11 is 0. The van der Waals surface area contributed by atoms with E-state index in [1.807, 2.05) is 24.3 Å². The van der Waals surface area contributed by atoms with Gasteiger partial charge in [-0.15, -0.1) is 0 Å². The van der Waals surface area contributed by atoms with Crippen molar-refractivity contribution < 1.29 is 9.59 Å². The molecule has 3 N–H and O–H groups in total. The van der Waals surface area contributed by atoms with E-state index in [0.717, 1.165) is 56.2 Å². The van der Waals surface area contributed by atoms with E-state index < -0.39 is 0 Å². The lowest BCUT2D eigenvalue weighted by Gasteiger charge is -2.40.